The number of benzene rings is 2. The van der Waals surface area contributed by atoms with Crippen molar-refractivity contribution >= 4 is 46.0 Å². The number of allylic oxidation sites excluding steroid dienone is 1. The van der Waals surface area contributed by atoms with E-state index in [0.717, 1.165) is 42.1 Å². The molecule has 0 aliphatic carbocycles. The Morgan fingerprint density at radius 1 is 1.15 bits per heavy atom. The van der Waals surface area contributed by atoms with Gasteiger partial charge in [-0.1, -0.05) is 42.5 Å². The van der Waals surface area contributed by atoms with E-state index in [1.807, 2.05) is 48.5 Å². The Morgan fingerprint density at radius 3 is 2.69 bits per heavy atom. The molecule has 5 atom stereocenters. The van der Waals surface area contributed by atoms with Crippen LogP contribution < -0.4 is 4.90 Å². The van der Waals surface area contributed by atoms with E-state index < -0.39 is 22.6 Å². The van der Waals surface area contributed by atoms with Crippen LogP contribution in [-0.4, -0.2) is 70.1 Å². The number of unbranched alkanes of at least 4 members (excludes halogenated alkanes) is 2. The number of nitrogens with zero attached hydrogens (tertiary/aromatic N) is 2. The van der Waals surface area contributed by atoms with E-state index in [1.54, 1.807) is 22.7 Å². The van der Waals surface area contributed by atoms with Gasteiger partial charge in [-0.15, -0.1) is 24.9 Å². The second kappa shape index (κ2) is 11.6. The highest BCUT2D eigenvalue weighted by Crippen LogP contribution is 2.66. The van der Waals surface area contributed by atoms with Gasteiger partial charge in [0.25, 0.3) is 5.91 Å². The number of hydrogen-bond donors (Lipinski definition) is 1. The third-order valence-electron chi connectivity index (χ3n) is 8.32. The molecule has 8 heteroatoms. The van der Waals surface area contributed by atoms with Crippen LogP contribution >= 0.6 is 11.8 Å². The van der Waals surface area contributed by atoms with Crippen molar-refractivity contribution in [1.82, 2.24) is 4.90 Å². The minimum absolute atomic E-state index is 0.0433. The maximum absolute atomic E-state index is 14.4. The molecule has 39 heavy (non-hydrogen) atoms. The molecule has 2 unspecified atom stereocenters. The number of likely N-dealkylation sites (tertiary alicyclic amines) is 1. The van der Waals surface area contributed by atoms with Gasteiger partial charge in [-0.25, -0.2) is 0 Å². The summed E-state index contributed by atoms with van der Waals surface area (Å²) in [5.41, 5.74) is 0.725. The Bertz CT molecular complexity index is 1280. The summed E-state index contributed by atoms with van der Waals surface area (Å²) in [6.07, 6.45) is 7.43. The highest BCUT2D eigenvalue weighted by Gasteiger charge is 2.74. The van der Waals surface area contributed by atoms with E-state index in [-0.39, 0.29) is 42.7 Å². The lowest BCUT2D eigenvalue weighted by atomic mass is 9.71. The van der Waals surface area contributed by atoms with Gasteiger partial charge in [-0.3, -0.25) is 14.4 Å². The zero-order chi connectivity index (χ0) is 27.6. The van der Waals surface area contributed by atoms with Gasteiger partial charge in [0.05, 0.1) is 29.8 Å². The summed E-state index contributed by atoms with van der Waals surface area (Å²) in [6, 6.07) is 13.0. The molecule has 3 aliphatic heterocycles. The SMILES string of the molecule is C=CCCCCOC(=O)[C@@H]1[C@H]2C(=O)N(CCO)C(C(=O)N(CC=C)c3ccc4ccccc4c3)C23CC[C@H]1S3. The Hall–Kier alpha value is -3.10. The predicted octanol–water partition coefficient (Wildman–Crippen LogP) is 4.34. The molecule has 1 N–H and O–H groups in total. The quantitative estimate of drug-likeness (QED) is 0.241. The number of carbonyl (C=O) groups excluding carboxylic acids is 3. The number of anilines is 1. The third-order valence-corrected chi connectivity index (χ3v) is 10.3. The van der Waals surface area contributed by atoms with Crippen LogP contribution in [0.5, 0.6) is 0 Å². The van der Waals surface area contributed by atoms with Crippen molar-refractivity contribution in [2.24, 2.45) is 11.8 Å². The monoisotopic (exact) mass is 548 g/mol. The van der Waals surface area contributed by atoms with Crippen LogP contribution in [0.3, 0.4) is 0 Å². The average Bonchev–Trinajstić information content (AvgIpc) is 3.59. The molecule has 0 radical (unpaired) electrons. The van der Waals surface area contributed by atoms with Crippen LogP contribution in [0, 0.1) is 11.8 Å². The van der Waals surface area contributed by atoms with Gasteiger partial charge in [0, 0.05) is 24.0 Å². The predicted molar refractivity (Wildman–Crippen MR) is 154 cm³/mol. The van der Waals surface area contributed by atoms with Crippen molar-refractivity contribution in [2.75, 3.05) is 31.2 Å². The number of aliphatic hydroxyl groups is 1. The summed E-state index contributed by atoms with van der Waals surface area (Å²) >= 11 is 1.60. The summed E-state index contributed by atoms with van der Waals surface area (Å²) in [7, 11) is 0. The van der Waals surface area contributed by atoms with Gasteiger partial charge in [0.15, 0.2) is 0 Å². The first kappa shape index (κ1) is 27.5. The molecule has 5 rings (SSSR count). The number of aliphatic hydroxyl groups excluding tert-OH is 1. The zero-order valence-corrected chi connectivity index (χ0v) is 23.0. The van der Waals surface area contributed by atoms with Crippen molar-refractivity contribution in [3.63, 3.8) is 0 Å². The number of amides is 2. The molecule has 7 nitrogen and oxygen atoms in total. The third kappa shape index (κ3) is 4.78. The second-order valence-electron chi connectivity index (χ2n) is 10.5. The minimum Gasteiger partial charge on any atom is -0.465 e. The first-order valence-electron chi connectivity index (χ1n) is 13.7. The first-order valence-corrected chi connectivity index (χ1v) is 14.6. The highest BCUT2D eigenvalue weighted by atomic mass is 32.2. The average molecular weight is 549 g/mol. The highest BCUT2D eigenvalue weighted by molar-refractivity contribution is 8.02. The van der Waals surface area contributed by atoms with Crippen molar-refractivity contribution in [3.05, 3.63) is 67.8 Å². The lowest BCUT2D eigenvalue weighted by molar-refractivity contribution is -0.154. The standard InChI is InChI=1S/C31H36N2O5S/c1-3-5-6-9-19-38-30(37)25-24-14-15-31(39-24)26(25)28(35)33(17-18-34)27(31)29(36)32(16-4-2)23-13-12-21-10-7-8-11-22(21)20-23/h3-4,7-8,10-13,20,24-27,34H,1-2,5-6,9,14-19H2/t24-,25+,26+,27?,31?/m1/s1. The molecule has 206 valence electrons. The molecule has 2 aromatic carbocycles. The normalized spacial score (nSPS) is 27.0. The number of ether oxygens (including phenoxy) is 1. The van der Waals surface area contributed by atoms with E-state index in [2.05, 4.69) is 13.2 Å². The van der Waals surface area contributed by atoms with Crippen LogP contribution in [0.2, 0.25) is 0 Å². The smallest absolute Gasteiger partial charge is 0.310 e. The maximum atomic E-state index is 14.4. The van der Waals surface area contributed by atoms with Gasteiger partial charge >= 0.3 is 5.97 Å². The molecule has 3 fully saturated rings. The Balaban J connectivity index is 1.46. The molecule has 2 aromatic rings. The number of rotatable bonds is 12. The van der Waals surface area contributed by atoms with Crippen molar-refractivity contribution < 1.29 is 24.2 Å². The number of hydrogen-bond acceptors (Lipinski definition) is 6. The fraction of sp³-hybridized carbons (Fsp3) is 0.452. The van der Waals surface area contributed by atoms with Gasteiger partial charge in [0.1, 0.15) is 6.04 Å². The molecule has 3 aliphatic rings. The molecule has 0 saturated carbocycles. The van der Waals surface area contributed by atoms with Gasteiger partial charge in [-0.2, -0.15) is 0 Å². The molecular weight excluding hydrogens is 512 g/mol. The minimum atomic E-state index is -0.783. The Labute approximate surface area is 233 Å². The van der Waals surface area contributed by atoms with Gasteiger partial charge < -0.3 is 19.6 Å². The lowest BCUT2D eigenvalue weighted by Crippen LogP contribution is -2.55. The summed E-state index contributed by atoms with van der Waals surface area (Å²) in [5, 5.41) is 11.9. The van der Waals surface area contributed by atoms with E-state index in [0.29, 0.717) is 13.0 Å². The lowest BCUT2D eigenvalue weighted by Gasteiger charge is -2.37. The molecular formula is C31H36N2O5S. The first-order chi connectivity index (χ1) is 19.0. The molecule has 0 aromatic heterocycles. The van der Waals surface area contributed by atoms with Gasteiger partial charge in [0.2, 0.25) is 5.91 Å². The second-order valence-corrected chi connectivity index (χ2v) is 12.1. The van der Waals surface area contributed by atoms with Crippen molar-refractivity contribution in [3.8, 4) is 0 Å². The van der Waals surface area contributed by atoms with Crippen LogP contribution in [0.15, 0.2) is 67.8 Å². The molecule has 3 saturated heterocycles. The summed E-state index contributed by atoms with van der Waals surface area (Å²) in [5.74, 6) is -2.00. The maximum Gasteiger partial charge on any atom is 0.310 e. The van der Waals surface area contributed by atoms with E-state index in [9.17, 15) is 19.5 Å². The van der Waals surface area contributed by atoms with Crippen LogP contribution in [0.1, 0.15) is 32.1 Å². The summed E-state index contributed by atoms with van der Waals surface area (Å²) < 4.78 is 4.92. The zero-order valence-electron chi connectivity index (χ0n) is 22.2. The van der Waals surface area contributed by atoms with Crippen LogP contribution in [0.4, 0.5) is 5.69 Å². The van der Waals surface area contributed by atoms with Crippen LogP contribution in [-0.2, 0) is 19.1 Å². The topological polar surface area (TPSA) is 87.1 Å². The Morgan fingerprint density at radius 2 is 1.95 bits per heavy atom. The summed E-state index contributed by atoms with van der Waals surface area (Å²) in [4.78, 5) is 44.8. The van der Waals surface area contributed by atoms with E-state index >= 15 is 0 Å². The fourth-order valence-electron chi connectivity index (χ4n) is 6.65. The molecule has 1 spiro atoms. The number of esters is 1. The van der Waals surface area contributed by atoms with Crippen molar-refractivity contribution in [1.29, 1.82) is 0 Å². The number of thioether (sulfide) groups is 1. The van der Waals surface area contributed by atoms with E-state index in [4.69, 9.17) is 4.74 Å². The van der Waals surface area contributed by atoms with Gasteiger partial charge in [-0.05, 0) is 55.0 Å². The molecule has 2 bridgehead atoms. The summed E-state index contributed by atoms with van der Waals surface area (Å²) in [6.45, 7) is 7.97. The largest absolute Gasteiger partial charge is 0.465 e. The molecule has 3 heterocycles. The molecule has 2 amide bonds. The fourth-order valence-corrected chi connectivity index (χ4v) is 8.85. The number of β-amino-alcohol motifs (C(OH)–C–C–N with tert-alkyl or cyclic N) is 1. The number of fused-ring (bicyclic) bond motifs is 2. The van der Waals surface area contributed by atoms with Crippen molar-refractivity contribution in [2.45, 2.75) is 48.1 Å². The number of carbonyl (C=O) groups is 3. The van der Waals surface area contributed by atoms with Crippen LogP contribution in [0.25, 0.3) is 10.8 Å². The van der Waals surface area contributed by atoms with E-state index in [1.165, 1.54) is 4.90 Å². The Kier molecular flexibility index (Phi) is 8.14.